The highest BCUT2D eigenvalue weighted by Gasteiger charge is 2.79. The Morgan fingerprint density at radius 1 is 1.05 bits per heavy atom. The van der Waals surface area contributed by atoms with E-state index in [4.69, 9.17) is 19.7 Å². The molecule has 2 unspecified atom stereocenters. The number of fused-ring (bicyclic) bond motifs is 1. The lowest BCUT2D eigenvalue weighted by Crippen LogP contribution is -2.70. The van der Waals surface area contributed by atoms with Gasteiger partial charge in [-0.1, -0.05) is 0 Å². The van der Waals surface area contributed by atoms with Crippen molar-refractivity contribution in [3.05, 3.63) is 73.5 Å². The first-order chi connectivity index (χ1) is 19.0. The number of halogens is 3. The summed E-state index contributed by atoms with van der Waals surface area (Å²) >= 11 is 1.58. The molecule has 2 atom stereocenters. The van der Waals surface area contributed by atoms with Gasteiger partial charge in [0.05, 0.1) is 34.3 Å². The van der Waals surface area contributed by atoms with Gasteiger partial charge in [-0.2, -0.15) is 13.2 Å². The zero-order valence-electron chi connectivity index (χ0n) is 22.4. The summed E-state index contributed by atoms with van der Waals surface area (Å²) in [6.45, 7) is 6.18. The normalized spacial score (nSPS) is 27.9. The average Bonchev–Trinajstić information content (AvgIpc) is 3.28. The lowest BCUT2D eigenvalue weighted by atomic mass is 9.34. The third kappa shape index (κ3) is 3.84. The molecule has 0 aromatic carbocycles. The molecule has 11 heteroatoms. The highest BCUT2D eigenvalue weighted by atomic mass is 32.1. The molecule has 3 saturated carbocycles. The number of aryl methyl sites for hydroxylation is 3. The summed E-state index contributed by atoms with van der Waals surface area (Å²) in [5.41, 5.74) is 2.41. The van der Waals surface area contributed by atoms with E-state index < -0.39 is 17.0 Å². The van der Waals surface area contributed by atoms with Crippen LogP contribution in [0.25, 0.3) is 16.9 Å². The number of rotatable bonds is 4. The van der Waals surface area contributed by atoms with Crippen molar-refractivity contribution >= 4 is 22.5 Å². The fourth-order valence-corrected chi connectivity index (χ4v) is 7.41. The van der Waals surface area contributed by atoms with Gasteiger partial charge in [0.1, 0.15) is 11.3 Å². The second kappa shape index (κ2) is 8.66. The zero-order chi connectivity index (χ0) is 28.0. The van der Waals surface area contributed by atoms with Gasteiger partial charge >= 0.3 is 6.18 Å². The number of hydrogen-bond acceptors (Lipinski definition) is 7. The van der Waals surface area contributed by atoms with Crippen LogP contribution in [-0.2, 0) is 10.2 Å². The molecule has 7 nitrogen and oxygen atoms in total. The van der Waals surface area contributed by atoms with Crippen molar-refractivity contribution < 1.29 is 17.9 Å². The lowest BCUT2D eigenvalue weighted by molar-refractivity contribution is -0.337. The number of ether oxygens (including phenoxy) is 1. The quantitative estimate of drug-likeness (QED) is 0.293. The van der Waals surface area contributed by atoms with E-state index in [1.807, 2.05) is 38.4 Å². The number of thiophene rings is 1. The van der Waals surface area contributed by atoms with Crippen LogP contribution in [-0.4, -0.2) is 37.3 Å². The van der Waals surface area contributed by atoms with Crippen molar-refractivity contribution in [2.45, 2.75) is 76.5 Å². The molecular formula is C29H28F3N5O2S. The molecule has 2 bridgehead atoms. The first kappa shape index (κ1) is 25.8. The topological polar surface area (TPSA) is 82.8 Å². The van der Waals surface area contributed by atoms with E-state index in [2.05, 4.69) is 4.98 Å². The summed E-state index contributed by atoms with van der Waals surface area (Å²) in [5, 5.41) is 1.95. The molecule has 208 valence electrons. The van der Waals surface area contributed by atoms with Crippen LogP contribution in [0.15, 0.2) is 34.6 Å². The maximum atomic E-state index is 13.7. The second-order valence-electron chi connectivity index (χ2n) is 11.8. The highest BCUT2D eigenvalue weighted by Crippen LogP contribution is 2.78. The van der Waals surface area contributed by atoms with Crippen molar-refractivity contribution in [1.82, 2.24) is 24.5 Å². The number of alkyl halides is 3. The van der Waals surface area contributed by atoms with Gasteiger partial charge in [-0.25, -0.2) is 19.9 Å². The Hall–Kier alpha value is -3.18. The van der Waals surface area contributed by atoms with E-state index in [0.717, 1.165) is 27.5 Å². The average molecular weight is 568 g/mol. The van der Waals surface area contributed by atoms with Gasteiger partial charge in [-0.3, -0.25) is 9.36 Å². The first-order valence-corrected chi connectivity index (χ1v) is 14.3. The standard InChI is InChI=1S/C29H28F3N5O2S/c1-15-8-20(11-40-15)37-10-19(4-5-22(37)38)21-9-18(6-7-39-21)25-35-24(23-26(36-25)34-17(3)16(2)33-23)27-12-28(13-27,14-27)29(30,31)32/h4-5,8,10-11,18,21H,6-7,9,12-14H2,1-3H3. The molecule has 3 aliphatic carbocycles. The van der Waals surface area contributed by atoms with Crippen molar-refractivity contribution in [1.29, 1.82) is 0 Å². The van der Waals surface area contributed by atoms with Crippen LogP contribution in [0, 0.1) is 26.2 Å². The van der Waals surface area contributed by atoms with Crippen LogP contribution in [0.4, 0.5) is 13.2 Å². The molecule has 4 fully saturated rings. The minimum absolute atomic E-state index is 0.0453. The van der Waals surface area contributed by atoms with Gasteiger partial charge in [0.15, 0.2) is 5.65 Å². The smallest absolute Gasteiger partial charge is 0.373 e. The van der Waals surface area contributed by atoms with Gasteiger partial charge in [0, 0.05) is 40.5 Å². The van der Waals surface area contributed by atoms with E-state index in [1.165, 1.54) is 0 Å². The largest absolute Gasteiger partial charge is 0.394 e. The number of pyridine rings is 1. The molecule has 1 aliphatic heterocycles. The second-order valence-corrected chi connectivity index (χ2v) is 12.9. The van der Waals surface area contributed by atoms with Crippen molar-refractivity contribution in [3.63, 3.8) is 0 Å². The van der Waals surface area contributed by atoms with Gasteiger partial charge in [0.2, 0.25) is 0 Å². The van der Waals surface area contributed by atoms with Crippen molar-refractivity contribution in [3.8, 4) is 5.69 Å². The third-order valence-electron chi connectivity index (χ3n) is 9.04. The van der Waals surface area contributed by atoms with Crippen molar-refractivity contribution in [2.75, 3.05) is 6.61 Å². The highest BCUT2D eigenvalue weighted by molar-refractivity contribution is 7.10. The Morgan fingerprint density at radius 3 is 2.50 bits per heavy atom. The van der Waals surface area contributed by atoms with Gasteiger partial charge in [0.25, 0.3) is 5.56 Å². The molecular weight excluding hydrogens is 539 g/mol. The van der Waals surface area contributed by atoms with E-state index in [-0.39, 0.29) is 36.8 Å². The van der Waals surface area contributed by atoms with E-state index in [0.29, 0.717) is 42.1 Å². The zero-order valence-corrected chi connectivity index (χ0v) is 23.2. The fourth-order valence-electron chi connectivity index (χ4n) is 6.74. The molecule has 8 rings (SSSR count). The minimum atomic E-state index is -4.20. The minimum Gasteiger partial charge on any atom is -0.373 e. The summed E-state index contributed by atoms with van der Waals surface area (Å²) in [6, 6.07) is 5.33. The predicted octanol–water partition coefficient (Wildman–Crippen LogP) is 6.18. The summed E-state index contributed by atoms with van der Waals surface area (Å²) in [7, 11) is 0. The Balaban J connectivity index is 1.24. The van der Waals surface area contributed by atoms with Crippen LogP contribution < -0.4 is 5.56 Å². The fraction of sp³-hybridized carbons (Fsp3) is 0.483. The Labute approximate surface area is 232 Å². The maximum Gasteiger partial charge on any atom is 0.394 e. The summed E-state index contributed by atoms with van der Waals surface area (Å²) < 4.78 is 48.8. The summed E-state index contributed by atoms with van der Waals surface area (Å²) in [5.74, 6) is 0.513. The van der Waals surface area contributed by atoms with Crippen LogP contribution in [0.1, 0.15) is 77.5 Å². The van der Waals surface area contributed by atoms with E-state index in [9.17, 15) is 18.0 Å². The first-order valence-electron chi connectivity index (χ1n) is 13.5. The predicted molar refractivity (Wildman–Crippen MR) is 144 cm³/mol. The van der Waals surface area contributed by atoms with E-state index in [1.54, 1.807) is 28.0 Å². The summed E-state index contributed by atoms with van der Waals surface area (Å²) in [4.78, 5) is 32.9. The molecule has 4 aromatic heterocycles. The van der Waals surface area contributed by atoms with Crippen LogP contribution in [0.2, 0.25) is 0 Å². The van der Waals surface area contributed by atoms with Gasteiger partial charge < -0.3 is 4.74 Å². The number of nitrogens with zero attached hydrogens (tertiary/aromatic N) is 5. The summed E-state index contributed by atoms with van der Waals surface area (Å²) in [6.07, 6.45) is -1.24. The SMILES string of the molecule is Cc1cc(-n2cc(C3CC(c4nc(C56CC(C(F)(F)F)(C5)C6)c5nc(C)c(C)nc5n4)CCO3)ccc2=O)cs1. The Morgan fingerprint density at radius 2 is 1.80 bits per heavy atom. The molecule has 0 N–H and O–H groups in total. The molecule has 4 aliphatic rings. The van der Waals surface area contributed by atoms with Crippen LogP contribution >= 0.6 is 11.3 Å². The van der Waals surface area contributed by atoms with Gasteiger partial charge in [-0.15, -0.1) is 11.3 Å². The third-order valence-corrected chi connectivity index (χ3v) is 9.89. The molecule has 0 spiro atoms. The molecule has 4 aromatic rings. The van der Waals surface area contributed by atoms with Gasteiger partial charge in [-0.05, 0) is 70.6 Å². The number of hydrogen-bond donors (Lipinski definition) is 0. The Bertz CT molecular complexity index is 1710. The molecule has 0 radical (unpaired) electrons. The molecule has 40 heavy (non-hydrogen) atoms. The van der Waals surface area contributed by atoms with Crippen LogP contribution in [0.3, 0.4) is 0 Å². The Kier molecular flexibility index (Phi) is 5.58. The van der Waals surface area contributed by atoms with Crippen LogP contribution in [0.5, 0.6) is 0 Å². The number of aromatic nitrogens is 5. The molecule has 0 amide bonds. The lowest BCUT2D eigenvalue weighted by Gasteiger charge is -2.70. The van der Waals surface area contributed by atoms with Crippen molar-refractivity contribution in [2.24, 2.45) is 5.41 Å². The molecule has 5 heterocycles. The maximum absolute atomic E-state index is 13.7. The van der Waals surface area contributed by atoms with E-state index >= 15 is 0 Å². The molecule has 1 saturated heterocycles. The monoisotopic (exact) mass is 567 g/mol.